The van der Waals surface area contributed by atoms with E-state index < -0.39 is 0 Å². The summed E-state index contributed by atoms with van der Waals surface area (Å²) in [5.74, 6) is 1.36. The van der Waals surface area contributed by atoms with Gasteiger partial charge in [-0.25, -0.2) is 9.97 Å². The van der Waals surface area contributed by atoms with E-state index in [0.29, 0.717) is 11.2 Å². The fourth-order valence-corrected chi connectivity index (χ4v) is 2.86. The SMILES string of the molecule is CCCCNc1cc2c(ncn2CCCCCC(C)(C)C)c(N)n1. The van der Waals surface area contributed by atoms with Crippen LogP contribution in [0.15, 0.2) is 12.4 Å². The molecule has 0 aliphatic carbocycles. The number of aryl methyl sites for hydroxylation is 1. The van der Waals surface area contributed by atoms with Crippen LogP contribution in [-0.4, -0.2) is 21.1 Å². The molecule has 5 nitrogen and oxygen atoms in total. The van der Waals surface area contributed by atoms with E-state index in [1.165, 1.54) is 25.7 Å². The number of aromatic nitrogens is 3. The highest BCUT2D eigenvalue weighted by molar-refractivity contribution is 5.87. The zero-order chi connectivity index (χ0) is 17.6. The van der Waals surface area contributed by atoms with Gasteiger partial charge >= 0.3 is 0 Å². The molecule has 0 atom stereocenters. The van der Waals surface area contributed by atoms with E-state index in [1.807, 2.05) is 6.33 Å². The third-order valence-electron chi connectivity index (χ3n) is 4.30. The van der Waals surface area contributed by atoms with Crippen molar-refractivity contribution in [2.75, 3.05) is 17.6 Å². The van der Waals surface area contributed by atoms with Gasteiger partial charge in [-0.1, -0.05) is 47.0 Å². The zero-order valence-electron chi connectivity index (χ0n) is 15.7. The van der Waals surface area contributed by atoms with Gasteiger partial charge in [-0.15, -0.1) is 0 Å². The monoisotopic (exact) mass is 331 g/mol. The number of rotatable bonds is 9. The van der Waals surface area contributed by atoms with Gasteiger partial charge in [0.05, 0.1) is 11.8 Å². The van der Waals surface area contributed by atoms with Gasteiger partial charge in [0.25, 0.3) is 0 Å². The van der Waals surface area contributed by atoms with Crippen LogP contribution in [0.2, 0.25) is 0 Å². The van der Waals surface area contributed by atoms with Crippen molar-refractivity contribution in [2.45, 2.75) is 72.8 Å². The Balaban J connectivity index is 1.97. The van der Waals surface area contributed by atoms with E-state index in [1.54, 1.807) is 0 Å². The van der Waals surface area contributed by atoms with Gasteiger partial charge in [-0.05, 0) is 24.7 Å². The van der Waals surface area contributed by atoms with Gasteiger partial charge in [0.1, 0.15) is 11.3 Å². The minimum absolute atomic E-state index is 0.431. The summed E-state index contributed by atoms with van der Waals surface area (Å²) in [5.41, 5.74) is 8.40. The molecule has 0 spiro atoms. The highest BCUT2D eigenvalue weighted by Gasteiger charge is 2.11. The lowest BCUT2D eigenvalue weighted by Crippen LogP contribution is -2.06. The molecule has 0 saturated heterocycles. The van der Waals surface area contributed by atoms with E-state index in [9.17, 15) is 0 Å². The van der Waals surface area contributed by atoms with Gasteiger partial charge in [0, 0.05) is 19.2 Å². The Morgan fingerprint density at radius 3 is 2.67 bits per heavy atom. The lowest BCUT2D eigenvalue weighted by molar-refractivity contribution is 0.356. The van der Waals surface area contributed by atoms with Gasteiger partial charge in [-0.2, -0.15) is 0 Å². The van der Waals surface area contributed by atoms with E-state index in [4.69, 9.17) is 5.73 Å². The fraction of sp³-hybridized carbons (Fsp3) is 0.684. The van der Waals surface area contributed by atoms with Gasteiger partial charge in [-0.3, -0.25) is 0 Å². The minimum Gasteiger partial charge on any atom is -0.382 e. The number of hydrogen-bond donors (Lipinski definition) is 2. The summed E-state index contributed by atoms with van der Waals surface area (Å²) < 4.78 is 2.20. The molecule has 3 N–H and O–H groups in total. The number of imidazole rings is 1. The van der Waals surface area contributed by atoms with Crippen LogP contribution >= 0.6 is 0 Å². The average Bonchev–Trinajstić information content (AvgIpc) is 2.90. The molecule has 2 rings (SSSR count). The molecule has 0 bridgehead atoms. The van der Waals surface area contributed by atoms with Crippen LogP contribution in [0.5, 0.6) is 0 Å². The van der Waals surface area contributed by atoms with Gasteiger partial charge < -0.3 is 15.6 Å². The predicted molar refractivity (Wildman–Crippen MR) is 103 cm³/mol. The molecule has 2 aromatic rings. The molecule has 0 aliphatic heterocycles. The van der Waals surface area contributed by atoms with Crippen molar-refractivity contribution in [3.63, 3.8) is 0 Å². The molecule has 0 aromatic carbocycles. The Labute approximate surface area is 146 Å². The van der Waals surface area contributed by atoms with Crippen molar-refractivity contribution < 1.29 is 0 Å². The molecule has 0 aliphatic rings. The van der Waals surface area contributed by atoms with Crippen LogP contribution in [0, 0.1) is 5.41 Å². The first-order valence-corrected chi connectivity index (χ1v) is 9.26. The second-order valence-corrected chi connectivity index (χ2v) is 7.85. The minimum atomic E-state index is 0.431. The number of anilines is 2. The van der Waals surface area contributed by atoms with Crippen molar-refractivity contribution in [3.05, 3.63) is 12.4 Å². The lowest BCUT2D eigenvalue weighted by atomic mass is 9.89. The van der Waals surface area contributed by atoms with E-state index in [2.05, 4.69) is 53.6 Å². The predicted octanol–water partition coefficient (Wildman–Crippen LogP) is 4.83. The smallest absolute Gasteiger partial charge is 0.154 e. The van der Waals surface area contributed by atoms with Crippen molar-refractivity contribution >= 4 is 22.7 Å². The molecule has 134 valence electrons. The number of hydrogen-bond acceptors (Lipinski definition) is 4. The first-order valence-electron chi connectivity index (χ1n) is 9.26. The van der Waals surface area contributed by atoms with Crippen LogP contribution in [0.3, 0.4) is 0 Å². The van der Waals surface area contributed by atoms with E-state index in [-0.39, 0.29) is 0 Å². The maximum Gasteiger partial charge on any atom is 0.154 e. The highest BCUT2D eigenvalue weighted by Crippen LogP contribution is 2.24. The molecule has 5 heteroatoms. The number of unbranched alkanes of at least 4 members (excludes halogenated alkanes) is 3. The number of nitrogens with one attached hydrogen (secondary N) is 1. The number of nitrogens with zero attached hydrogens (tertiary/aromatic N) is 3. The van der Waals surface area contributed by atoms with Crippen LogP contribution in [-0.2, 0) is 6.54 Å². The van der Waals surface area contributed by atoms with E-state index >= 15 is 0 Å². The summed E-state index contributed by atoms with van der Waals surface area (Å²) in [4.78, 5) is 8.86. The topological polar surface area (TPSA) is 68.8 Å². The van der Waals surface area contributed by atoms with Crippen LogP contribution in [0.4, 0.5) is 11.6 Å². The number of fused-ring (bicyclic) bond motifs is 1. The number of nitrogen functional groups attached to an aromatic ring is 1. The van der Waals surface area contributed by atoms with Crippen molar-refractivity contribution in [1.29, 1.82) is 0 Å². The molecule has 0 amide bonds. The molecule has 0 fully saturated rings. The van der Waals surface area contributed by atoms with Crippen LogP contribution in [0.1, 0.15) is 66.2 Å². The summed E-state index contributed by atoms with van der Waals surface area (Å²) in [6, 6.07) is 2.07. The molecule has 24 heavy (non-hydrogen) atoms. The second kappa shape index (κ2) is 8.36. The standard InChI is InChI=1S/C19H33N5/c1-5-6-11-21-16-13-15-17(18(20)23-16)22-14-24(15)12-9-7-8-10-19(2,3)4/h13-14H,5-12H2,1-4H3,(H3,20,21,23). The molecular formula is C19H33N5. The molecule has 0 unspecified atom stereocenters. The fourth-order valence-electron chi connectivity index (χ4n) is 2.86. The van der Waals surface area contributed by atoms with Crippen molar-refractivity contribution in [2.24, 2.45) is 5.41 Å². The third-order valence-corrected chi connectivity index (χ3v) is 4.30. The summed E-state index contributed by atoms with van der Waals surface area (Å²) in [7, 11) is 0. The Hall–Kier alpha value is -1.78. The Bertz CT molecular complexity index is 639. The molecule has 2 aromatic heterocycles. The summed E-state index contributed by atoms with van der Waals surface area (Å²) in [6.07, 6.45) is 9.16. The average molecular weight is 332 g/mol. The Morgan fingerprint density at radius 1 is 1.17 bits per heavy atom. The first-order chi connectivity index (χ1) is 11.4. The zero-order valence-corrected chi connectivity index (χ0v) is 15.7. The van der Waals surface area contributed by atoms with E-state index in [0.717, 1.165) is 42.8 Å². The van der Waals surface area contributed by atoms with Gasteiger partial charge in [0.2, 0.25) is 0 Å². The third kappa shape index (κ3) is 5.39. The van der Waals surface area contributed by atoms with Gasteiger partial charge in [0.15, 0.2) is 5.82 Å². The molecule has 0 saturated carbocycles. The molecular weight excluding hydrogens is 298 g/mol. The van der Waals surface area contributed by atoms with Crippen LogP contribution < -0.4 is 11.1 Å². The van der Waals surface area contributed by atoms with Crippen LogP contribution in [0.25, 0.3) is 11.0 Å². The number of pyridine rings is 1. The number of nitrogens with two attached hydrogens (primary N) is 1. The summed E-state index contributed by atoms with van der Waals surface area (Å²) in [6.45, 7) is 11.0. The summed E-state index contributed by atoms with van der Waals surface area (Å²) >= 11 is 0. The highest BCUT2D eigenvalue weighted by atomic mass is 15.1. The molecule has 2 heterocycles. The Morgan fingerprint density at radius 2 is 1.96 bits per heavy atom. The maximum atomic E-state index is 6.07. The summed E-state index contributed by atoms with van der Waals surface area (Å²) in [5, 5.41) is 3.36. The maximum absolute atomic E-state index is 6.07. The second-order valence-electron chi connectivity index (χ2n) is 7.85. The lowest BCUT2D eigenvalue weighted by Gasteiger charge is -2.17. The Kier molecular flexibility index (Phi) is 6.46. The normalized spacial score (nSPS) is 12.0. The van der Waals surface area contributed by atoms with Crippen molar-refractivity contribution in [1.82, 2.24) is 14.5 Å². The molecule has 0 radical (unpaired) electrons. The quantitative estimate of drug-likeness (QED) is 0.646. The van der Waals surface area contributed by atoms with Crippen molar-refractivity contribution in [3.8, 4) is 0 Å². The first kappa shape index (κ1) is 18.6. The largest absolute Gasteiger partial charge is 0.382 e.